The fourth-order valence-corrected chi connectivity index (χ4v) is 2.28. The molecule has 2 aromatic carbocycles. The maximum atomic E-state index is 13.0. The minimum atomic E-state index is -1.47. The summed E-state index contributed by atoms with van der Waals surface area (Å²) in [5.41, 5.74) is 0.908. The molecule has 0 aliphatic heterocycles. The summed E-state index contributed by atoms with van der Waals surface area (Å²) < 4.78 is 39.7. The number of benzene rings is 2. The third kappa shape index (κ3) is 3.42. The Kier molecular flexibility index (Phi) is 4.37. The second kappa shape index (κ2) is 5.84. The molecular weight excluding hydrogens is 343 g/mol. The summed E-state index contributed by atoms with van der Waals surface area (Å²) in [7, 11) is 0. The summed E-state index contributed by atoms with van der Waals surface area (Å²) >= 11 is 9.25. The van der Waals surface area contributed by atoms with Crippen molar-refractivity contribution >= 4 is 33.2 Å². The molecule has 0 unspecified atom stereocenters. The lowest BCUT2D eigenvalue weighted by atomic mass is 10.2. The van der Waals surface area contributed by atoms with Gasteiger partial charge in [0.25, 0.3) is 0 Å². The number of halogens is 5. The zero-order valence-electron chi connectivity index (χ0n) is 9.48. The van der Waals surface area contributed by atoms with Gasteiger partial charge in [0, 0.05) is 11.0 Å². The van der Waals surface area contributed by atoms with E-state index in [-0.39, 0.29) is 12.1 Å². The van der Waals surface area contributed by atoms with Gasteiger partial charge in [0.05, 0.1) is 10.7 Å². The van der Waals surface area contributed by atoms with Crippen LogP contribution in [0.1, 0.15) is 5.56 Å². The quantitative estimate of drug-likeness (QED) is 0.757. The number of anilines is 1. The van der Waals surface area contributed by atoms with E-state index in [9.17, 15) is 13.2 Å². The molecule has 0 atom stereocenters. The normalized spacial score (nSPS) is 10.6. The van der Waals surface area contributed by atoms with Crippen molar-refractivity contribution in [2.24, 2.45) is 0 Å². The van der Waals surface area contributed by atoms with Crippen LogP contribution in [0.15, 0.2) is 34.8 Å². The Labute approximate surface area is 121 Å². The van der Waals surface area contributed by atoms with E-state index in [1.54, 1.807) is 18.2 Å². The fraction of sp³-hybridized carbons (Fsp3) is 0.0769. The highest BCUT2D eigenvalue weighted by Crippen LogP contribution is 2.26. The molecule has 2 aromatic rings. The molecule has 19 heavy (non-hydrogen) atoms. The predicted molar refractivity (Wildman–Crippen MR) is 72.8 cm³/mol. The fourth-order valence-electron chi connectivity index (χ4n) is 1.54. The summed E-state index contributed by atoms with van der Waals surface area (Å²) in [4.78, 5) is 0. The number of hydrogen-bond acceptors (Lipinski definition) is 1. The molecule has 0 aromatic heterocycles. The van der Waals surface area contributed by atoms with Gasteiger partial charge in [-0.25, -0.2) is 13.2 Å². The first-order valence-corrected chi connectivity index (χ1v) is 6.47. The monoisotopic (exact) mass is 349 g/mol. The third-order valence-electron chi connectivity index (χ3n) is 2.46. The summed E-state index contributed by atoms with van der Waals surface area (Å²) in [5.74, 6) is -3.89. The molecule has 0 amide bonds. The molecule has 1 N–H and O–H groups in total. The van der Waals surface area contributed by atoms with Gasteiger partial charge in [-0.05, 0) is 35.9 Å². The zero-order valence-corrected chi connectivity index (χ0v) is 11.8. The van der Waals surface area contributed by atoms with Crippen molar-refractivity contribution in [3.05, 3.63) is 62.8 Å². The van der Waals surface area contributed by atoms with E-state index >= 15 is 0 Å². The molecule has 2 rings (SSSR count). The molecule has 0 saturated carbocycles. The van der Waals surface area contributed by atoms with E-state index in [4.69, 9.17) is 11.6 Å². The van der Waals surface area contributed by atoms with Crippen LogP contribution in [0.2, 0.25) is 5.02 Å². The molecule has 0 bridgehead atoms. The van der Waals surface area contributed by atoms with Crippen LogP contribution in [0.3, 0.4) is 0 Å². The zero-order chi connectivity index (χ0) is 14.0. The van der Waals surface area contributed by atoms with E-state index < -0.39 is 17.5 Å². The molecule has 0 aliphatic carbocycles. The molecule has 100 valence electrons. The van der Waals surface area contributed by atoms with Gasteiger partial charge in [0.2, 0.25) is 0 Å². The van der Waals surface area contributed by atoms with Gasteiger partial charge >= 0.3 is 0 Å². The van der Waals surface area contributed by atoms with Crippen molar-refractivity contribution in [3.8, 4) is 0 Å². The number of hydrogen-bond donors (Lipinski definition) is 1. The topological polar surface area (TPSA) is 12.0 Å². The maximum absolute atomic E-state index is 13.0. The molecule has 6 heteroatoms. The highest BCUT2D eigenvalue weighted by molar-refractivity contribution is 9.10. The van der Waals surface area contributed by atoms with Crippen molar-refractivity contribution in [2.45, 2.75) is 6.54 Å². The number of nitrogens with one attached hydrogen (secondary N) is 1. The first-order valence-electron chi connectivity index (χ1n) is 5.29. The molecule has 0 radical (unpaired) electrons. The second-order valence-corrected chi connectivity index (χ2v) is 5.17. The SMILES string of the molecule is Fc1cc(CNc2ccc(Br)cc2Cl)cc(F)c1F. The van der Waals surface area contributed by atoms with Crippen molar-refractivity contribution < 1.29 is 13.2 Å². The van der Waals surface area contributed by atoms with Crippen LogP contribution in [-0.2, 0) is 6.54 Å². The predicted octanol–water partition coefficient (Wildman–Crippen LogP) is 5.13. The minimum Gasteiger partial charge on any atom is -0.380 e. The smallest absolute Gasteiger partial charge is 0.194 e. The lowest BCUT2D eigenvalue weighted by Crippen LogP contribution is -2.02. The molecule has 0 saturated heterocycles. The van der Waals surface area contributed by atoms with Crippen molar-refractivity contribution in [3.63, 3.8) is 0 Å². The van der Waals surface area contributed by atoms with Crippen LogP contribution in [0, 0.1) is 17.5 Å². The summed E-state index contributed by atoms with van der Waals surface area (Å²) in [5, 5.41) is 3.39. The van der Waals surface area contributed by atoms with Crippen molar-refractivity contribution in [1.29, 1.82) is 0 Å². The molecule has 1 nitrogen and oxygen atoms in total. The van der Waals surface area contributed by atoms with E-state index in [2.05, 4.69) is 21.2 Å². The van der Waals surface area contributed by atoms with E-state index in [0.29, 0.717) is 10.7 Å². The van der Waals surface area contributed by atoms with Crippen LogP contribution in [-0.4, -0.2) is 0 Å². The van der Waals surface area contributed by atoms with Crippen molar-refractivity contribution in [1.82, 2.24) is 0 Å². The van der Waals surface area contributed by atoms with Crippen LogP contribution in [0.25, 0.3) is 0 Å². The molecule has 0 heterocycles. The Morgan fingerprint density at radius 1 is 1.05 bits per heavy atom. The highest BCUT2D eigenvalue weighted by Gasteiger charge is 2.10. The van der Waals surface area contributed by atoms with E-state index in [1.807, 2.05) is 0 Å². The first-order chi connectivity index (χ1) is 8.97. The van der Waals surface area contributed by atoms with Gasteiger partial charge < -0.3 is 5.32 Å². The van der Waals surface area contributed by atoms with Gasteiger partial charge in [-0.1, -0.05) is 27.5 Å². The van der Waals surface area contributed by atoms with Crippen molar-refractivity contribution in [2.75, 3.05) is 5.32 Å². The summed E-state index contributed by atoms with van der Waals surface area (Å²) in [6, 6.07) is 7.08. The summed E-state index contributed by atoms with van der Waals surface area (Å²) in [6.07, 6.45) is 0. The average molecular weight is 351 g/mol. The van der Waals surface area contributed by atoms with E-state index in [0.717, 1.165) is 16.6 Å². The lowest BCUT2D eigenvalue weighted by molar-refractivity contribution is 0.445. The van der Waals surface area contributed by atoms with Crippen LogP contribution >= 0.6 is 27.5 Å². The van der Waals surface area contributed by atoms with Crippen LogP contribution in [0.5, 0.6) is 0 Å². The van der Waals surface area contributed by atoms with Gasteiger partial charge in [0.1, 0.15) is 0 Å². The Balaban J connectivity index is 2.14. The van der Waals surface area contributed by atoms with Crippen LogP contribution in [0.4, 0.5) is 18.9 Å². The van der Waals surface area contributed by atoms with Gasteiger partial charge in [0.15, 0.2) is 17.5 Å². The minimum absolute atomic E-state index is 0.134. The Morgan fingerprint density at radius 2 is 1.68 bits per heavy atom. The number of rotatable bonds is 3. The molecule has 0 fully saturated rings. The third-order valence-corrected chi connectivity index (χ3v) is 3.26. The molecule has 0 aliphatic rings. The molecule has 0 spiro atoms. The van der Waals surface area contributed by atoms with Gasteiger partial charge in [-0.15, -0.1) is 0 Å². The summed E-state index contributed by atoms with van der Waals surface area (Å²) in [6.45, 7) is 0.134. The lowest BCUT2D eigenvalue weighted by Gasteiger charge is -2.09. The van der Waals surface area contributed by atoms with E-state index in [1.165, 1.54) is 0 Å². The Bertz CT molecular complexity index is 596. The highest BCUT2D eigenvalue weighted by atomic mass is 79.9. The first kappa shape index (κ1) is 14.2. The van der Waals surface area contributed by atoms with Gasteiger partial charge in [-0.3, -0.25) is 0 Å². The van der Waals surface area contributed by atoms with Crippen LogP contribution < -0.4 is 5.32 Å². The largest absolute Gasteiger partial charge is 0.380 e. The Morgan fingerprint density at radius 3 is 2.26 bits per heavy atom. The standard InChI is InChI=1S/C13H8BrClF3N/c14-8-1-2-12(9(15)5-8)19-6-7-3-10(16)13(18)11(17)4-7/h1-5,19H,6H2. The van der Waals surface area contributed by atoms with Gasteiger partial charge in [-0.2, -0.15) is 0 Å². The second-order valence-electron chi connectivity index (χ2n) is 3.85. The maximum Gasteiger partial charge on any atom is 0.194 e. The average Bonchev–Trinajstić information content (AvgIpc) is 2.34. The Hall–Kier alpha value is -1.20. The molecular formula is C13H8BrClF3N.